The largest absolute Gasteiger partial charge is 0.377 e. The van der Waals surface area contributed by atoms with Gasteiger partial charge in [0.2, 0.25) is 0 Å². The maximum absolute atomic E-state index is 8.21. The van der Waals surface area contributed by atoms with Crippen molar-refractivity contribution in [2.45, 2.75) is 18.9 Å². The number of nitrogens with zero attached hydrogens (tertiary/aromatic N) is 5. The van der Waals surface area contributed by atoms with Gasteiger partial charge in [0.25, 0.3) is 0 Å². The Morgan fingerprint density at radius 3 is 2.65 bits per heavy atom. The molecule has 2 saturated heterocycles. The van der Waals surface area contributed by atoms with Crippen molar-refractivity contribution in [2.75, 3.05) is 52.4 Å². The maximum Gasteiger partial charge on any atom is 0.0702 e. The van der Waals surface area contributed by atoms with Crippen LogP contribution in [0, 0.1) is 0 Å². The Kier molecular flexibility index (Phi) is 5.07. The van der Waals surface area contributed by atoms with Gasteiger partial charge in [-0.3, -0.25) is 4.90 Å². The first-order valence-corrected chi connectivity index (χ1v) is 6.45. The molecule has 2 aliphatic heterocycles. The summed E-state index contributed by atoms with van der Waals surface area (Å²) < 4.78 is 5.65. The van der Waals surface area contributed by atoms with Crippen molar-refractivity contribution in [3.05, 3.63) is 10.4 Å². The number of hydrogen-bond donors (Lipinski definition) is 0. The molecule has 6 nitrogen and oxygen atoms in total. The van der Waals surface area contributed by atoms with Gasteiger partial charge in [0.1, 0.15) is 0 Å². The molecule has 0 aromatic carbocycles. The lowest BCUT2D eigenvalue weighted by molar-refractivity contribution is 0.0511. The smallest absolute Gasteiger partial charge is 0.0702 e. The summed E-state index contributed by atoms with van der Waals surface area (Å²) in [7, 11) is 0. The second kappa shape index (κ2) is 6.81. The van der Waals surface area contributed by atoms with Crippen LogP contribution in [0.3, 0.4) is 0 Å². The molecular formula is C11H21N5O. The molecule has 0 unspecified atom stereocenters. The molecule has 0 amide bonds. The third-order valence-corrected chi connectivity index (χ3v) is 3.53. The Balaban J connectivity index is 1.61. The minimum Gasteiger partial charge on any atom is -0.377 e. The van der Waals surface area contributed by atoms with Gasteiger partial charge in [-0.2, -0.15) is 0 Å². The highest BCUT2D eigenvalue weighted by Gasteiger charge is 2.22. The third kappa shape index (κ3) is 4.16. The first kappa shape index (κ1) is 12.6. The van der Waals surface area contributed by atoms with Crippen LogP contribution in [0.2, 0.25) is 0 Å². The van der Waals surface area contributed by atoms with E-state index in [9.17, 15) is 0 Å². The average molecular weight is 239 g/mol. The first-order valence-electron chi connectivity index (χ1n) is 6.45. The Morgan fingerprint density at radius 2 is 2.00 bits per heavy atom. The number of rotatable bonds is 5. The highest BCUT2D eigenvalue weighted by Crippen LogP contribution is 2.14. The third-order valence-electron chi connectivity index (χ3n) is 3.53. The van der Waals surface area contributed by atoms with E-state index in [1.165, 1.54) is 12.8 Å². The highest BCUT2D eigenvalue weighted by atomic mass is 16.5. The standard InChI is InChI=1S/C11H21N5O/c12-14-13-3-4-15-5-7-16(8-6-15)10-11-2-1-9-17-11/h11H,1-10H2/t11-/m1/s1. The maximum atomic E-state index is 8.21. The van der Waals surface area contributed by atoms with E-state index in [-0.39, 0.29) is 0 Å². The Bertz CT molecular complexity index is 265. The fourth-order valence-electron chi connectivity index (χ4n) is 2.50. The summed E-state index contributed by atoms with van der Waals surface area (Å²) in [6, 6.07) is 0. The van der Waals surface area contributed by atoms with E-state index >= 15 is 0 Å². The molecule has 96 valence electrons. The van der Waals surface area contributed by atoms with Crippen molar-refractivity contribution >= 4 is 0 Å². The molecule has 0 saturated carbocycles. The minimum atomic E-state index is 0.463. The summed E-state index contributed by atoms with van der Waals surface area (Å²) in [5, 5.41) is 3.57. The van der Waals surface area contributed by atoms with Crippen LogP contribution >= 0.6 is 0 Å². The zero-order chi connectivity index (χ0) is 11.9. The normalized spacial score (nSPS) is 26.9. The highest BCUT2D eigenvalue weighted by molar-refractivity contribution is 4.76. The summed E-state index contributed by atoms with van der Waals surface area (Å²) in [5.74, 6) is 0. The van der Waals surface area contributed by atoms with Crippen LogP contribution in [0.5, 0.6) is 0 Å². The SMILES string of the molecule is [N-]=[N+]=NCCN1CCN(C[C@H]2CCCO2)CC1. The van der Waals surface area contributed by atoms with Crippen molar-refractivity contribution in [1.29, 1.82) is 0 Å². The monoisotopic (exact) mass is 239 g/mol. The molecule has 0 aromatic heterocycles. The quantitative estimate of drug-likeness (QED) is 0.410. The summed E-state index contributed by atoms with van der Waals surface area (Å²) in [4.78, 5) is 7.62. The Hall–Kier alpha value is -0.810. The van der Waals surface area contributed by atoms with E-state index in [0.29, 0.717) is 12.6 Å². The molecule has 0 bridgehead atoms. The van der Waals surface area contributed by atoms with Crippen LogP contribution < -0.4 is 0 Å². The number of hydrogen-bond acceptors (Lipinski definition) is 4. The van der Waals surface area contributed by atoms with Gasteiger partial charge >= 0.3 is 0 Å². The predicted molar refractivity (Wildman–Crippen MR) is 65.9 cm³/mol. The molecule has 6 heteroatoms. The molecular weight excluding hydrogens is 218 g/mol. The van der Waals surface area contributed by atoms with Gasteiger partial charge in [0.05, 0.1) is 6.10 Å². The van der Waals surface area contributed by atoms with Gasteiger partial charge in [0.15, 0.2) is 0 Å². The summed E-state index contributed by atoms with van der Waals surface area (Å²) >= 11 is 0. The molecule has 0 aliphatic carbocycles. The number of azide groups is 1. The van der Waals surface area contributed by atoms with Gasteiger partial charge in [-0.1, -0.05) is 5.11 Å². The minimum absolute atomic E-state index is 0.463. The number of ether oxygens (including phenoxy) is 1. The lowest BCUT2D eigenvalue weighted by atomic mass is 10.2. The molecule has 2 aliphatic rings. The van der Waals surface area contributed by atoms with Crippen LogP contribution in [0.4, 0.5) is 0 Å². The van der Waals surface area contributed by atoms with Crippen molar-refractivity contribution in [3.63, 3.8) is 0 Å². The summed E-state index contributed by atoms with van der Waals surface area (Å²) in [6.45, 7) is 7.87. The van der Waals surface area contributed by atoms with E-state index in [4.69, 9.17) is 10.3 Å². The molecule has 2 rings (SSSR count). The molecule has 0 N–H and O–H groups in total. The van der Waals surface area contributed by atoms with Gasteiger partial charge in [-0.05, 0) is 18.4 Å². The lowest BCUT2D eigenvalue weighted by Crippen LogP contribution is -2.48. The fourth-order valence-corrected chi connectivity index (χ4v) is 2.50. The average Bonchev–Trinajstić information content (AvgIpc) is 2.85. The van der Waals surface area contributed by atoms with Crippen molar-refractivity contribution in [2.24, 2.45) is 5.11 Å². The molecule has 2 fully saturated rings. The fraction of sp³-hybridized carbons (Fsp3) is 1.00. The van der Waals surface area contributed by atoms with E-state index in [1.54, 1.807) is 0 Å². The molecule has 17 heavy (non-hydrogen) atoms. The van der Waals surface area contributed by atoms with Crippen molar-refractivity contribution in [3.8, 4) is 0 Å². The molecule has 2 heterocycles. The second-order valence-electron chi connectivity index (χ2n) is 4.73. The molecule has 0 radical (unpaired) electrons. The van der Waals surface area contributed by atoms with Gasteiger partial charge in [0, 0.05) is 57.3 Å². The van der Waals surface area contributed by atoms with Crippen molar-refractivity contribution in [1.82, 2.24) is 9.80 Å². The van der Waals surface area contributed by atoms with E-state index in [1.807, 2.05) is 0 Å². The molecule has 0 aromatic rings. The Labute approximate surface area is 102 Å². The zero-order valence-corrected chi connectivity index (χ0v) is 10.3. The molecule has 1 atom stereocenters. The van der Waals surface area contributed by atoms with Crippen LogP contribution in [0.1, 0.15) is 12.8 Å². The molecule has 0 spiro atoms. The van der Waals surface area contributed by atoms with Crippen molar-refractivity contribution < 1.29 is 4.74 Å². The lowest BCUT2D eigenvalue weighted by Gasteiger charge is -2.35. The topological polar surface area (TPSA) is 64.5 Å². The van der Waals surface area contributed by atoms with Crippen LogP contribution in [0.15, 0.2) is 5.11 Å². The van der Waals surface area contributed by atoms with Crippen LogP contribution in [-0.4, -0.2) is 68.3 Å². The van der Waals surface area contributed by atoms with Gasteiger partial charge in [-0.25, -0.2) is 0 Å². The van der Waals surface area contributed by atoms with Gasteiger partial charge in [-0.15, -0.1) is 0 Å². The van der Waals surface area contributed by atoms with Gasteiger partial charge < -0.3 is 9.64 Å². The van der Waals surface area contributed by atoms with E-state index < -0.39 is 0 Å². The first-order chi connectivity index (χ1) is 8.38. The van der Waals surface area contributed by atoms with Crippen LogP contribution in [0.25, 0.3) is 10.4 Å². The van der Waals surface area contributed by atoms with E-state index in [2.05, 4.69) is 19.8 Å². The second-order valence-corrected chi connectivity index (χ2v) is 4.73. The van der Waals surface area contributed by atoms with Crippen LogP contribution in [-0.2, 0) is 4.74 Å². The summed E-state index contributed by atoms with van der Waals surface area (Å²) in [6.07, 6.45) is 2.90. The zero-order valence-electron chi connectivity index (χ0n) is 10.3. The summed E-state index contributed by atoms with van der Waals surface area (Å²) in [5.41, 5.74) is 8.21. The Morgan fingerprint density at radius 1 is 1.24 bits per heavy atom. The van der Waals surface area contributed by atoms with E-state index in [0.717, 1.165) is 45.9 Å². The number of piperazine rings is 1. The predicted octanol–water partition coefficient (Wildman–Crippen LogP) is 1.09.